The van der Waals surface area contributed by atoms with E-state index in [1.807, 2.05) is 13.0 Å². The van der Waals surface area contributed by atoms with Crippen LogP contribution in [0.2, 0.25) is 0 Å². The highest BCUT2D eigenvalue weighted by molar-refractivity contribution is 5.65. The molecule has 0 rings (SSSR count). The van der Waals surface area contributed by atoms with Crippen molar-refractivity contribution >= 4 is 6.29 Å². The molecule has 0 N–H and O–H groups in total. The van der Waals surface area contributed by atoms with E-state index in [0.29, 0.717) is 0 Å². The van der Waals surface area contributed by atoms with Crippen LogP contribution in [-0.2, 0) is 4.79 Å². The van der Waals surface area contributed by atoms with Crippen molar-refractivity contribution in [2.24, 2.45) is 0 Å². The van der Waals surface area contributed by atoms with Gasteiger partial charge in [0.2, 0.25) is 0 Å². The summed E-state index contributed by atoms with van der Waals surface area (Å²) in [5, 5.41) is 0. The molecule has 0 spiro atoms. The summed E-state index contributed by atoms with van der Waals surface area (Å²) in [6.45, 7) is 4.29. The largest absolute Gasteiger partial charge is 0.299 e. The molecule has 0 radical (unpaired) electrons. The van der Waals surface area contributed by atoms with Crippen LogP contribution < -0.4 is 0 Å². The van der Waals surface area contributed by atoms with Crippen LogP contribution in [-0.4, -0.2) is 6.29 Å². The van der Waals surface area contributed by atoms with Gasteiger partial charge in [-0.25, -0.2) is 0 Å². The summed E-state index contributed by atoms with van der Waals surface area (Å²) in [6, 6.07) is 0. The minimum atomic E-state index is 0.824. The normalized spacial score (nSPS) is 12.2. The smallest absolute Gasteiger partial charge is 0.142 e. The van der Waals surface area contributed by atoms with Crippen molar-refractivity contribution in [1.29, 1.82) is 0 Å². The lowest BCUT2D eigenvalue weighted by atomic mass is 10.1. The molecule has 0 amide bonds. The van der Waals surface area contributed by atoms with Crippen LogP contribution in [0.15, 0.2) is 23.8 Å². The molecule has 0 aromatic rings. The van der Waals surface area contributed by atoms with E-state index in [4.69, 9.17) is 0 Å². The predicted molar refractivity (Wildman–Crippen MR) is 71.6 cm³/mol. The topological polar surface area (TPSA) is 17.1 Å². The van der Waals surface area contributed by atoms with Gasteiger partial charge in [0.15, 0.2) is 0 Å². The van der Waals surface area contributed by atoms with E-state index >= 15 is 0 Å². The summed E-state index contributed by atoms with van der Waals surface area (Å²) in [7, 11) is 0. The molecule has 0 heterocycles. The minimum absolute atomic E-state index is 0.824. The number of carbonyl (C=O) groups is 1. The summed E-state index contributed by atoms with van der Waals surface area (Å²) >= 11 is 0. The fourth-order valence-electron chi connectivity index (χ4n) is 1.69. The van der Waals surface area contributed by atoms with Crippen molar-refractivity contribution in [1.82, 2.24) is 0 Å². The molecule has 1 heteroatoms. The highest BCUT2D eigenvalue weighted by atomic mass is 16.1. The fourth-order valence-corrected chi connectivity index (χ4v) is 1.69. The quantitative estimate of drug-likeness (QED) is 0.224. The SMILES string of the molecule is CCCCCCCCCC=C(C)/C=C/C=O. The van der Waals surface area contributed by atoms with Gasteiger partial charge in [0.1, 0.15) is 6.29 Å². The second-order valence-corrected chi connectivity index (χ2v) is 4.35. The molecule has 0 saturated carbocycles. The standard InChI is InChI=1S/C15H26O/c1-3-4-5-6-7-8-9-10-12-15(2)13-11-14-16/h11-14H,3-10H2,1-2H3/b13-11+,15-12?. The molecule has 0 fully saturated rings. The third-order valence-corrected chi connectivity index (χ3v) is 2.71. The number of unbranched alkanes of at least 4 members (excludes halogenated alkanes) is 7. The minimum Gasteiger partial charge on any atom is -0.299 e. The lowest BCUT2D eigenvalue weighted by Crippen LogP contribution is -1.79. The Labute approximate surface area is 101 Å². The van der Waals surface area contributed by atoms with Gasteiger partial charge in [0, 0.05) is 0 Å². The molecule has 0 unspecified atom stereocenters. The first-order valence-electron chi connectivity index (χ1n) is 6.60. The summed E-state index contributed by atoms with van der Waals surface area (Å²) in [4.78, 5) is 10.1. The molecule has 0 saturated heterocycles. The van der Waals surface area contributed by atoms with Crippen molar-refractivity contribution in [2.45, 2.75) is 65.2 Å². The lowest BCUT2D eigenvalue weighted by Gasteiger charge is -1.99. The van der Waals surface area contributed by atoms with Crippen molar-refractivity contribution in [2.75, 3.05) is 0 Å². The van der Waals surface area contributed by atoms with E-state index in [2.05, 4.69) is 13.0 Å². The number of carbonyl (C=O) groups excluding carboxylic acids is 1. The van der Waals surface area contributed by atoms with E-state index in [9.17, 15) is 4.79 Å². The van der Waals surface area contributed by atoms with Gasteiger partial charge in [-0.05, 0) is 25.8 Å². The molecule has 0 atom stereocenters. The zero-order chi connectivity index (χ0) is 12.1. The Hall–Kier alpha value is -0.850. The molecular formula is C15H26O. The first-order chi connectivity index (χ1) is 7.81. The van der Waals surface area contributed by atoms with E-state index < -0.39 is 0 Å². The van der Waals surface area contributed by atoms with Crippen molar-refractivity contribution < 1.29 is 4.79 Å². The van der Waals surface area contributed by atoms with E-state index in [1.165, 1.54) is 50.5 Å². The summed E-state index contributed by atoms with van der Waals surface area (Å²) in [5.41, 5.74) is 1.19. The second kappa shape index (κ2) is 12.2. The van der Waals surface area contributed by atoms with Crippen LogP contribution >= 0.6 is 0 Å². The molecule has 0 aromatic carbocycles. The molecule has 0 aliphatic carbocycles. The van der Waals surface area contributed by atoms with Gasteiger partial charge >= 0.3 is 0 Å². The highest BCUT2D eigenvalue weighted by Gasteiger charge is 1.89. The molecule has 1 nitrogen and oxygen atoms in total. The Bertz CT molecular complexity index is 213. The van der Waals surface area contributed by atoms with Gasteiger partial charge in [0.05, 0.1) is 0 Å². The predicted octanol–water partition coefficient (Wildman–Crippen LogP) is 4.83. The lowest BCUT2D eigenvalue weighted by molar-refractivity contribution is -0.104. The van der Waals surface area contributed by atoms with Crippen LogP contribution in [0.25, 0.3) is 0 Å². The van der Waals surface area contributed by atoms with Crippen molar-refractivity contribution in [3.63, 3.8) is 0 Å². The number of hydrogen-bond donors (Lipinski definition) is 0. The summed E-state index contributed by atoms with van der Waals surface area (Å²) in [5.74, 6) is 0. The molecule has 16 heavy (non-hydrogen) atoms. The zero-order valence-electron chi connectivity index (χ0n) is 10.9. The van der Waals surface area contributed by atoms with Gasteiger partial charge in [-0.1, -0.05) is 63.2 Å². The molecule has 0 aliphatic heterocycles. The molecule has 92 valence electrons. The first-order valence-corrected chi connectivity index (χ1v) is 6.60. The fraction of sp³-hybridized carbons (Fsp3) is 0.667. The molecule has 0 bridgehead atoms. The van der Waals surface area contributed by atoms with E-state index in [-0.39, 0.29) is 0 Å². The third kappa shape index (κ3) is 11.2. The highest BCUT2D eigenvalue weighted by Crippen LogP contribution is 2.09. The van der Waals surface area contributed by atoms with Crippen molar-refractivity contribution in [3.05, 3.63) is 23.8 Å². The Morgan fingerprint density at radius 2 is 1.62 bits per heavy atom. The first kappa shape index (κ1) is 15.2. The Morgan fingerprint density at radius 3 is 2.25 bits per heavy atom. The van der Waals surface area contributed by atoms with E-state index in [0.717, 1.165) is 12.7 Å². The summed E-state index contributed by atoms with van der Waals surface area (Å²) < 4.78 is 0. The molecule has 0 aliphatic rings. The van der Waals surface area contributed by atoms with Gasteiger partial charge < -0.3 is 0 Å². The van der Waals surface area contributed by atoms with Crippen molar-refractivity contribution in [3.8, 4) is 0 Å². The van der Waals surface area contributed by atoms with Crippen LogP contribution in [0.3, 0.4) is 0 Å². The van der Waals surface area contributed by atoms with E-state index in [1.54, 1.807) is 6.08 Å². The average molecular weight is 222 g/mol. The monoisotopic (exact) mass is 222 g/mol. The maximum absolute atomic E-state index is 10.1. The Balaban J connectivity index is 3.31. The molecule has 0 aromatic heterocycles. The number of hydrogen-bond acceptors (Lipinski definition) is 1. The summed E-state index contributed by atoms with van der Waals surface area (Å²) in [6.07, 6.45) is 17.1. The van der Waals surface area contributed by atoms with Gasteiger partial charge in [-0.2, -0.15) is 0 Å². The van der Waals surface area contributed by atoms with Crippen LogP contribution in [0.5, 0.6) is 0 Å². The number of aldehydes is 1. The zero-order valence-corrected chi connectivity index (χ0v) is 10.9. The molecular weight excluding hydrogens is 196 g/mol. The maximum atomic E-state index is 10.1. The van der Waals surface area contributed by atoms with Crippen LogP contribution in [0.1, 0.15) is 65.2 Å². The average Bonchev–Trinajstić information content (AvgIpc) is 2.30. The van der Waals surface area contributed by atoms with Gasteiger partial charge in [-0.15, -0.1) is 0 Å². The number of rotatable bonds is 10. The van der Waals surface area contributed by atoms with Crippen LogP contribution in [0.4, 0.5) is 0 Å². The Morgan fingerprint density at radius 1 is 1.00 bits per heavy atom. The van der Waals surface area contributed by atoms with Crippen LogP contribution in [0, 0.1) is 0 Å². The van der Waals surface area contributed by atoms with Gasteiger partial charge in [-0.3, -0.25) is 4.79 Å². The Kier molecular flexibility index (Phi) is 11.6. The number of allylic oxidation sites excluding steroid dienone is 4. The third-order valence-electron chi connectivity index (χ3n) is 2.71. The maximum Gasteiger partial charge on any atom is 0.142 e. The van der Waals surface area contributed by atoms with Gasteiger partial charge in [0.25, 0.3) is 0 Å². The second-order valence-electron chi connectivity index (χ2n) is 4.35.